The van der Waals surface area contributed by atoms with E-state index in [2.05, 4.69) is 0 Å². The van der Waals surface area contributed by atoms with Crippen LogP contribution in [0.2, 0.25) is 10.0 Å². The van der Waals surface area contributed by atoms with Crippen LogP contribution >= 0.6 is 23.2 Å². The number of ether oxygens (including phenoxy) is 1. The molecular weight excluding hydrogens is 498 g/mol. The minimum Gasteiger partial charge on any atom is -0.478 e. The minimum absolute atomic E-state index is 0.0494. The van der Waals surface area contributed by atoms with Crippen LogP contribution in [0.4, 0.5) is 13.2 Å². The van der Waals surface area contributed by atoms with Crippen molar-refractivity contribution in [3.63, 3.8) is 0 Å². The summed E-state index contributed by atoms with van der Waals surface area (Å²) in [6, 6.07) is 9.62. The van der Waals surface area contributed by atoms with Crippen molar-refractivity contribution in [2.45, 2.75) is 24.6 Å². The number of halogens is 5. The van der Waals surface area contributed by atoms with Gasteiger partial charge in [0.2, 0.25) is 5.56 Å². The molecule has 0 aliphatic carbocycles. The minimum atomic E-state index is -5.12. The second kappa shape index (κ2) is 9.32. The first-order valence-corrected chi connectivity index (χ1v) is 10.5. The van der Waals surface area contributed by atoms with Gasteiger partial charge in [-0.1, -0.05) is 30.1 Å². The van der Waals surface area contributed by atoms with E-state index < -0.39 is 34.8 Å². The lowest BCUT2D eigenvalue weighted by atomic mass is 9.78. The molecule has 1 heterocycles. The Balaban J connectivity index is 2.05. The smallest absolute Gasteiger partial charge is 0.422 e. The molecule has 11 heteroatoms. The number of aryl methyl sites for hydroxylation is 1. The van der Waals surface area contributed by atoms with Crippen molar-refractivity contribution in [2.75, 3.05) is 0 Å². The molecule has 6 nitrogen and oxygen atoms in total. The third kappa shape index (κ3) is 4.77. The van der Waals surface area contributed by atoms with Gasteiger partial charge in [0.05, 0.1) is 10.6 Å². The van der Waals surface area contributed by atoms with Crippen molar-refractivity contribution in [1.29, 1.82) is 0 Å². The Kier molecular flexibility index (Phi) is 7.02. The Hall–Kier alpha value is -3.01. The number of alkyl halides is 3. The lowest BCUT2D eigenvalue weighted by molar-refractivity contribution is -0.274. The second-order valence-corrected chi connectivity index (χ2v) is 8.40. The van der Waals surface area contributed by atoms with Crippen LogP contribution in [-0.4, -0.2) is 26.9 Å². The Morgan fingerprint density at radius 2 is 1.65 bits per heavy atom. The quantitative estimate of drug-likeness (QED) is 0.437. The first-order chi connectivity index (χ1) is 15.8. The number of aromatic nitrogens is 1. The van der Waals surface area contributed by atoms with Gasteiger partial charge in [0.25, 0.3) is 0 Å². The Morgan fingerprint density at radius 3 is 2.21 bits per heavy atom. The van der Waals surface area contributed by atoms with Crippen molar-refractivity contribution in [1.82, 2.24) is 4.57 Å². The van der Waals surface area contributed by atoms with Gasteiger partial charge in [-0.2, -0.15) is 13.2 Å². The third-order valence-corrected chi connectivity index (χ3v) is 6.08. The molecule has 2 unspecified atom stereocenters. The van der Waals surface area contributed by atoms with E-state index in [0.717, 1.165) is 29.8 Å². The zero-order valence-corrected chi connectivity index (χ0v) is 19.2. The average molecular weight is 516 g/mol. The number of aromatic carboxylic acids is 1. The fourth-order valence-electron chi connectivity index (χ4n) is 3.49. The number of hydrogen-bond donors (Lipinski definition) is 2. The van der Waals surface area contributed by atoms with Gasteiger partial charge in [0.1, 0.15) is 11.5 Å². The number of pyridine rings is 1. The van der Waals surface area contributed by atoms with E-state index in [0.29, 0.717) is 0 Å². The predicted molar refractivity (Wildman–Crippen MR) is 120 cm³/mol. The molecule has 0 aliphatic rings. The van der Waals surface area contributed by atoms with Crippen LogP contribution in [0.15, 0.2) is 59.5 Å². The largest absolute Gasteiger partial charge is 0.478 e. The SMILES string of the molecule is CC(c1cc(Oc2ccc(C(=O)O)c(Cl)c2)ccc1Cl)C(O)(c1ccc(=O)n(C)c1)C(F)(F)F. The predicted octanol–water partition coefficient (Wildman–Crippen LogP) is 5.74. The molecule has 0 amide bonds. The summed E-state index contributed by atoms with van der Waals surface area (Å²) in [5.41, 5.74) is -4.67. The normalized spacial score (nSPS) is 14.4. The zero-order chi connectivity index (χ0) is 25.4. The van der Waals surface area contributed by atoms with E-state index in [-0.39, 0.29) is 32.7 Å². The molecule has 0 bridgehead atoms. The van der Waals surface area contributed by atoms with Gasteiger partial charge in [-0.25, -0.2) is 4.79 Å². The number of hydrogen-bond acceptors (Lipinski definition) is 4. The van der Waals surface area contributed by atoms with E-state index in [1.807, 2.05) is 0 Å². The molecule has 3 rings (SSSR count). The molecular formula is C23H18Cl2F3NO5. The van der Waals surface area contributed by atoms with Gasteiger partial charge in [-0.05, 0) is 42.0 Å². The maximum absolute atomic E-state index is 14.2. The summed E-state index contributed by atoms with van der Waals surface area (Å²) in [5, 5.41) is 19.9. The van der Waals surface area contributed by atoms with Crippen molar-refractivity contribution in [2.24, 2.45) is 7.05 Å². The van der Waals surface area contributed by atoms with Crippen molar-refractivity contribution < 1.29 is 32.9 Å². The first kappa shape index (κ1) is 25.6. The summed E-state index contributed by atoms with van der Waals surface area (Å²) in [6.45, 7) is 1.15. The number of aliphatic hydroxyl groups is 1. The van der Waals surface area contributed by atoms with Gasteiger partial charge in [-0.15, -0.1) is 0 Å². The summed E-state index contributed by atoms with van der Waals surface area (Å²) in [7, 11) is 1.27. The van der Waals surface area contributed by atoms with Crippen LogP contribution in [-0.2, 0) is 12.6 Å². The summed E-state index contributed by atoms with van der Waals surface area (Å²) >= 11 is 12.1. The van der Waals surface area contributed by atoms with Crippen molar-refractivity contribution >= 4 is 29.2 Å². The molecule has 3 aromatic rings. The number of carbonyl (C=O) groups is 1. The topological polar surface area (TPSA) is 88.8 Å². The highest BCUT2D eigenvalue weighted by molar-refractivity contribution is 6.33. The van der Waals surface area contributed by atoms with Crippen molar-refractivity contribution in [3.05, 3.63) is 91.8 Å². The first-order valence-electron chi connectivity index (χ1n) is 9.72. The van der Waals surface area contributed by atoms with Crippen LogP contribution in [0.25, 0.3) is 0 Å². The third-order valence-electron chi connectivity index (χ3n) is 5.43. The molecule has 34 heavy (non-hydrogen) atoms. The van der Waals surface area contributed by atoms with Gasteiger partial charge in [0, 0.05) is 41.9 Å². The highest BCUT2D eigenvalue weighted by Crippen LogP contribution is 2.50. The monoisotopic (exact) mass is 515 g/mol. The zero-order valence-electron chi connectivity index (χ0n) is 17.7. The molecule has 0 aliphatic heterocycles. The number of nitrogens with zero attached hydrogens (tertiary/aromatic N) is 1. The molecule has 0 saturated heterocycles. The maximum Gasteiger partial charge on any atom is 0.422 e. The van der Waals surface area contributed by atoms with Crippen LogP contribution in [0.3, 0.4) is 0 Å². The van der Waals surface area contributed by atoms with Crippen LogP contribution < -0.4 is 10.3 Å². The number of carboxylic acids is 1. The standard InChI is InChI=1S/C23H18Cl2F3NO5/c1-12(22(33,23(26,27)28)13-3-8-20(30)29(2)11-13)17-9-14(5-7-18(17)24)34-15-4-6-16(21(31)32)19(25)10-15/h3-12,33H,1-2H3,(H,31,32). The van der Waals surface area contributed by atoms with Gasteiger partial charge >= 0.3 is 12.1 Å². The Labute approximate surface area is 201 Å². The molecule has 0 spiro atoms. The summed E-state index contributed by atoms with van der Waals surface area (Å²) < 4.78 is 49.2. The highest BCUT2D eigenvalue weighted by atomic mass is 35.5. The molecule has 0 saturated carbocycles. The number of carboxylic acid groups (broad SMARTS) is 1. The van der Waals surface area contributed by atoms with E-state index in [1.54, 1.807) is 0 Å². The van der Waals surface area contributed by atoms with E-state index in [4.69, 9.17) is 33.0 Å². The fourth-order valence-corrected chi connectivity index (χ4v) is 4.02. The second-order valence-electron chi connectivity index (χ2n) is 7.58. The van der Waals surface area contributed by atoms with Crippen LogP contribution in [0.5, 0.6) is 11.5 Å². The highest BCUT2D eigenvalue weighted by Gasteiger charge is 2.59. The van der Waals surface area contributed by atoms with E-state index >= 15 is 0 Å². The molecule has 2 N–H and O–H groups in total. The number of benzene rings is 2. The molecule has 0 fully saturated rings. The van der Waals surface area contributed by atoms with E-state index in [9.17, 15) is 27.9 Å². The fraction of sp³-hybridized carbons (Fsp3) is 0.217. The summed E-state index contributed by atoms with van der Waals surface area (Å²) in [6.07, 6.45) is -4.20. The van der Waals surface area contributed by atoms with Gasteiger partial charge < -0.3 is 19.5 Å². The Bertz CT molecular complexity index is 1310. The van der Waals surface area contributed by atoms with Gasteiger partial charge in [0.15, 0.2) is 5.60 Å². The molecule has 180 valence electrons. The summed E-state index contributed by atoms with van der Waals surface area (Å²) in [5.74, 6) is -2.63. The number of rotatable bonds is 6. The van der Waals surface area contributed by atoms with Crippen LogP contribution in [0, 0.1) is 0 Å². The van der Waals surface area contributed by atoms with Crippen LogP contribution in [0.1, 0.15) is 34.3 Å². The average Bonchev–Trinajstić information content (AvgIpc) is 2.75. The lowest BCUT2D eigenvalue weighted by Crippen LogP contribution is -2.47. The Morgan fingerprint density at radius 1 is 1.03 bits per heavy atom. The molecule has 2 aromatic carbocycles. The summed E-state index contributed by atoms with van der Waals surface area (Å²) in [4.78, 5) is 22.8. The van der Waals surface area contributed by atoms with Crippen molar-refractivity contribution in [3.8, 4) is 11.5 Å². The van der Waals surface area contributed by atoms with E-state index in [1.165, 1.54) is 43.4 Å². The molecule has 1 aromatic heterocycles. The molecule has 0 radical (unpaired) electrons. The maximum atomic E-state index is 14.2. The lowest BCUT2D eigenvalue weighted by Gasteiger charge is -2.37. The molecule has 2 atom stereocenters. The van der Waals surface area contributed by atoms with Gasteiger partial charge in [-0.3, -0.25) is 4.79 Å².